The first kappa shape index (κ1) is 36.7. The molecule has 1 aliphatic carbocycles. The van der Waals surface area contributed by atoms with Crippen molar-refractivity contribution in [1.82, 2.24) is 10.6 Å². The minimum Gasteiger partial charge on any atom is -0.443 e. The molecule has 6 N–H and O–H groups in total. The van der Waals surface area contributed by atoms with E-state index in [1.165, 1.54) is 33.3 Å². The van der Waals surface area contributed by atoms with Gasteiger partial charge in [0.25, 0.3) is 5.91 Å². The second-order valence-electron chi connectivity index (χ2n) is 11.0. The Morgan fingerprint density at radius 3 is 2.33 bits per heavy atom. The summed E-state index contributed by atoms with van der Waals surface area (Å²) in [4.78, 5) is 63.6. The Labute approximate surface area is 263 Å². The molecule has 0 saturated carbocycles. The van der Waals surface area contributed by atoms with Gasteiger partial charge in [0.2, 0.25) is 11.6 Å². The van der Waals surface area contributed by atoms with E-state index < -0.39 is 60.0 Å². The van der Waals surface area contributed by atoms with Crippen LogP contribution in [-0.2, 0) is 33.3 Å². The summed E-state index contributed by atoms with van der Waals surface area (Å²) in [5.41, 5.74) is 11.7. The molecule has 0 aromatic carbocycles. The number of ketones is 2. The molecule has 0 radical (unpaired) electrons. The lowest BCUT2D eigenvalue weighted by molar-refractivity contribution is -0.120. The minimum absolute atomic E-state index is 0.114. The number of carbonyl (C=O) groups excluding carboxylic acids is 5. The van der Waals surface area contributed by atoms with E-state index in [9.17, 15) is 24.0 Å². The number of nitrogens with two attached hydrogens (primary N) is 2. The van der Waals surface area contributed by atoms with Gasteiger partial charge >= 0.3 is 12.2 Å². The highest BCUT2D eigenvalue weighted by Gasteiger charge is 2.35. The molecule has 6 unspecified atom stereocenters. The molecule has 1 heterocycles. The highest BCUT2D eigenvalue weighted by atomic mass is 16.6. The molecule has 45 heavy (non-hydrogen) atoms. The number of carbonyl (C=O) groups is 5. The van der Waals surface area contributed by atoms with E-state index in [0.717, 1.165) is 6.08 Å². The maximum atomic E-state index is 13.7. The van der Waals surface area contributed by atoms with Crippen molar-refractivity contribution in [3.05, 3.63) is 71.1 Å². The Balaban J connectivity index is 2.72. The Morgan fingerprint density at radius 1 is 1.09 bits per heavy atom. The number of Topliss-reactive ketones (excluding diaryl/α,β-unsaturated/α-hetero) is 1. The average molecular weight is 629 g/mol. The molecule has 0 aromatic rings. The van der Waals surface area contributed by atoms with Gasteiger partial charge in [0.1, 0.15) is 12.2 Å². The molecular weight excluding hydrogens is 584 g/mol. The van der Waals surface area contributed by atoms with Crippen LogP contribution in [0, 0.1) is 11.8 Å². The maximum absolute atomic E-state index is 13.7. The standard InChI is InChI=1S/C32H44N4O9/c1-8-12-35-26-21-13-17(2)14-25(43-7)29(45-32(34)41)20(5)15-19(4)28(44-31(33)40)24(42-6)11-9-10-18(3)30(39)36-22(27(21)38)16-23(26)37/h8-11,15-17,20,24-25,28-29,35H,1,12-14H2,2-7H3,(H2,33,40)(H2,34,41)(H,36,39)/b11-9-,18-10-,19-15-. The van der Waals surface area contributed by atoms with Crippen LogP contribution in [0.1, 0.15) is 40.5 Å². The van der Waals surface area contributed by atoms with Crippen molar-refractivity contribution < 1.29 is 42.9 Å². The minimum atomic E-state index is -1.04. The zero-order valence-corrected chi connectivity index (χ0v) is 26.6. The van der Waals surface area contributed by atoms with Gasteiger partial charge < -0.3 is 41.0 Å². The fourth-order valence-corrected chi connectivity index (χ4v) is 5.26. The lowest BCUT2D eigenvalue weighted by Gasteiger charge is -2.32. The number of fused-ring (bicyclic) bond motifs is 2. The Morgan fingerprint density at radius 2 is 1.76 bits per heavy atom. The first-order valence-corrected chi connectivity index (χ1v) is 14.4. The summed E-state index contributed by atoms with van der Waals surface area (Å²) < 4.78 is 22.2. The zero-order valence-electron chi connectivity index (χ0n) is 26.6. The molecule has 0 saturated heterocycles. The van der Waals surface area contributed by atoms with Crippen LogP contribution in [0.3, 0.4) is 0 Å². The topological polar surface area (TPSA) is 198 Å². The van der Waals surface area contributed by atoms with Gasteiger partial charge in [0.15, 0.2) is 6.10 Å². The van der Waals surface area contributed by atoms with Crippen molar-refractivity contribution in [2.45, 2.75) is 65.0 Å². The number of amides is 3. The quantitative estimate of drug-likeness (QED) is 0.240. The second-order valence-corrected chi connectivity index (χ2v) is 11.0. The number of hydrogen-bond acceptors (Lipinski definition) is 10. The van der Waals surface area contributed by atoms with Crippen LogP contribution in [0.2, 0.25) is 0 Å². The SMILES string of the molecule is C=CCNC1=C2CC(C)CC(OC)C(OC(N)=O)C(C)/C=C(/C)C(OC(N)=O)C(OC)/C=C\C=C(\C)C(=O)NC(=CC1=O)C2=O. The van der Waals surface area contributed by atoms with Crippen LogP contribution in [-0.4, -0.2) is 74.8 Å². The van der Waals surface area contributed by atoms with Crippen molar-refractivity contribution in [2.24, 2.45) is 23.3 Å². The normalized spacial score (nSPS) is 30.1. The summed E-state index contributed by atoms with van der Waals surface area (Å²) in [7, 11) is 2.86. The van der Waals surface area contributed by atoms with E-state index in [2.05, 4.69) is 17.2 Å². The largest absolute Gasteiger partial charge is 0.443 e. The summed E-state index contributed by atoms with van der Waals surface area (Å²) in [6, 6.07) is 0. The number of ether oxygens (including phenoxy) is 4. The van der Waals surface area contributed by atoms with Gasteiger partial charge in [-0.2, -0.15) is 0 Å². The first-order valence-electron chi connectivity index (χ1n) is 14.4. The molecule has 2 bridgehead atoms. The van der Waals surface area contributed by atoms with Gasteiger partial charge in [-0.25, -0.2) is 9.59 Å². The Kier molecular flexibility index (Phi) is 14.0. The fourth-order valence-electron chi connectivity index (χ4n) is 5.26. The molecular formula is C32H44N4O9. The smallest absolute Gasteiger partial charge is 0.405 e. The number of methoxy groups -OCH3 is 2. The maximum Gasteiger partial charge on any atom is 0.405 e. The van der Waals surface area contributed by atoms with Crippen LogP contribution in [0.25, 0.3) is 0 Å². The van der Waals surface area contributed by atoms with E-state index in [0.29, 0.717) is 5.57 Å². The zero-order chi connectivity index (χ0) is 33.8. The molecule has 0 aromatic heterocycles. The molecule has 13 nitrogen and oxygen atoms in total. The first-order chi connectivity index (χ1) is 21.2. The van der Waals surface area contributed by atoms with Crippen molar-refractivity contribution in [3.8, 4) is 0 Å². The number of primary amides is 2. The van der Waals surface area contributed by atoms with E-state index in [-0.39, 0.29) is 47.8 Å². The van der Waals surface area contributed by atoms with Gasteiger partial charge in [-0.05, 0) is 38.2 Å². The van der Waals surface area contributed by atoms with Gasteiger partial charge in [-0.15, -0.1) is 6.58 Å². The Hall–Kier alpha value is -4.49. The lowest BCUT2D eigenvalue weighted by atomic mass is 9.85. The Bertz CT molecular complexity index is 1330. The molecule has 2 rings (SSSR count). The summed E-state index contributed by atoms with van der Waals surface area (Å²) in [6.07, 6.45) is 3.88. The molecule has 3 amide bonds. The van der Waals surface area contributed by atoms with Crippen LogP contribution in [0.5, 0.6) is 0 Å². The number of hydrogen-bond donors (Lipinski definition) is 4. The summed E-state index contributed by atoms with van der Waals surface area (Å²) in [6.45, 7) is 10.8. The summed E-state index contributed by atoms with van der Waals surface area (Å²) in [5, 5.41) is 5.50. The molecule has 2 aliphatic rings. The summed E-state index contributed by atoms with van der Waals surface area (Å²) >= 11 is 0. The second kappa shape index (κ2) is 17.1. The number of nitrogens with one attached hydrogen (secondary N) is 2. The number of allylic oxidation sites excluding steroid dienone is 4. The third-order valence-corrected chi connectivity index (χ3v) is 7.43. The molecule has 0 fully saturated rings. The van der Waals surface area contributed by atoms with Crippen LogP contribution >= 0.6 is 0 Å². The van der Waals surface area contributed by atoms with E-state index in [1.807, 2.05) is 6.92 Å². The molecule has 6 atom stereocenters. The van der Waals surface area contributed by atoms with Crippen molar-refractivity contribution >= 4 is 29.7 Å². The molecule has 246 valence electrons. The molecule has 1 aliphatic heterocycles. The lowest BCUT2D eigenvalue weighted by Crippen LogP contribution is -2.41. The van der Waals surface area contributed by atoms with Crippen molar-refractivity contribution in [1.29, 1.82) is 0 Å². The van der Waals surface area contributed by atoms with E-state index in [4.69, 9.17) is 30.4 Å². The molecule has 0 spiro atoms. The van der Waals surface area contributed by atoms with Gasteiger partial charge in [-0.1, -0.05) is 44.2 Å². The van der Waals surface area contributed by atoms with E-state index >= 15 is 0 Å². The monoisotopic (exact) mass is 628 g/mol. The fraction of sp³-hybridized carbons (Fsp3) is 0.469. The van der Waals surface area contributed by atoms with Crippen LogP contribution in [0.4, 0.5) is 9.59 Å². The van der Waals surface area contributed by atoms with Gasteiger partial charge in [0.05, 0.1) is 17.5 Å². The van der Waals surface area contributed by atoms with Gasteiger partial charge in [-0.3, -0.25) is 14.4 Å². The summed E-state index contributed by atoms with van der Waals surface area (Å²) in [5.74, 6) is -2.39. The van der Waals surface area contributed by atoms with E-state index in [1.54, 1.807) is 32.1 Å². The number of rotatable bonds is 7. The highest BCUT2D eigenvalue weighted by molar-refractivity contribution is 6.23. The van der Waals surface area contributed by atoms with Crippen molar-refractivity contribution in [3.63, 3.8) is 0 Å². The van der Waals surface area contributed by atoms with Crippen LogP contribution < -0.4 is 22.1 Å². The van der Waals surface area contributed by atoms with Crippen LogP contribution in [0.15, 0.2) is 71.1 Å². The average Bonchev–Trinajstić information content (AvgIpc) is 2.97. The third kappa shape index (κ3) is 10.3. The van der Waals surface area contributed by atoms with Gasteiger partial charge in [0, 0.05) is 43.9 Å². The third-order valence-electron chi connectivity index (χ3n) is 7.43. The molecule has 13 heteroatoms. The highest BCUT2D eigenvalue weighted by Crippen LogP contribution is 2.30. The predicted octanol–water partition coefficient (Wildman–Crippen LogP) is 2.64. The van der Waals surface area contributed by atoms with Crippen molar-refractivity contribution in [2.75, 3.05) is 20.8 Å². The predicted molar refractivity (Wildman–Crippen MR) is 166 cm³/mol.